The van der Waals surface area contributed by atoms with E-state index < -0.39 is 0 Å². The molecule has 0 amide bonds. The summed E-state index contributed by atoms with van der Waals surface area (Å²) in [6.07, 6.45) is 2.47. The molecule has 3 heteroatoms. The Kier molecular flexibility index (Phi) is 4.20. The van der Waals surface area contributed by atoms with E-state index in [9.17, 15) is 0 Å². The Balaban J connectivity index is 1.68. The maximum atomic E-state index is 4.69. The van der Waals surface area contributed by atoms with Crippen LogP contribution in [-0.2, 0) is 6.54 Å². The second-order valence-corrected chi connectivity index (χ2v) is 5.56. The Morgan fingerprint density at radius 1 is 1.05 bits per heavy atom. The van der Waals surface area contributed by atoms with Crippen LogP contribution in [0.2, 0.25) is 0 Å². The molecule has 0 saturated heterocycles. The Bertz CT molecular complexity index is 598. The zero-order chi connectivity index (χ0) is 14.5. The molecule has 1 saturated carbocycles. The number of hydrogen-bond donors (Lipinski definition) is 2. The molecule has 21 heavy (non-hydrogen) atoms. The van der Waals surface area contributed by atoms with Crippen molar-refractivity contribution in [2.75, 3.05) is 5.32 Å². The van der Waals surface area contributed by atoms with Gasteiger partial charge in [0.05, 0.1) is 6.54 Å². The SMILES string of the molecule is Cc1ccc(CN=C(Nc2ccccc2)NC2CC2)cc1. The van der Waals surface area contributed by atoms with Gasteiger partial charge in [-0.05, 0) is 37.5 Å². The van der Waals surface area contributed by atoms with Gasteiger partial charge < -0.3 is 10.6 Å². The van der Waals surface area contributed by atoms with Crippen LogP contribution in [0.3, 0.4) is 0 Å². The summed E-state index contributed by atoms with van der Waals surface area (Å²) in [5, 5.41) is 6.83. The van der Waals surface area contributed by atoms with Crippen LogP contribution in [0.5, 0.6) is 0 Å². The third kappa shape index (κ3) is 4.35. The van der Waals surface area contributed by atoms with Gasteiger partial charge in [0.25, 0.3) is 0 Å². The fraction of sp³-hybridized carbons (Fsp3) is 0.278. The number of aryl methyl sites for hydroxylation is 1. The van der Waals surface area contributed by atoms with Crippen molar-refractivity contribution in [1.82, 2.24) is 5.32 Å². The highest BCUT2D eigenvalue weighted by Gasteiger charge is 2.22. The molecule has 1 aliphatic rings. The van der Waals surface area contributed by atoms with E-state index in [1.807, 2.05) is 18.2 Å². The number of guanidine groups is 1. The van der Waals surface area contributed by atoms with Crippen molar-refractivity contribution >= 4 is 11.6 Å². The van der Waals surface area contributed by atoms with Crippen LogP contribution in [0.4, 0.5) is 5.69 Å². The maximum absolute atomic E-state index is 4.69. The summed E-state index contributed by atoms with van der Waals surface area (Å²) in [5.74, 6) is 0.865. The minimum Gasteiger partial charge on any atom is -0.353 e. The highest BCUT2D eigenvalue weighted by atomic mass is 15.2. The maximum Gasteiger partial charge on any atom is 0.196 e. The van der Waals surface area contributed by atoms with Gasteiger partial charge in [0.15, 0.2) is 5.96 Å². The average Bonchev–Trinajstić information content (AvgIpc) is 3.31. The molecule has 3 rings (SSSR count). The lowest BCUT2D eigenvalue weighted by atomic mass is 10.1. The summed E-state index contributed by atoms with van der Waals surface area (Å²) in [6, 6.07) is 19.3. The molecule has 0 bridgehead atoms. The first-order chi connectivity index (χ1) is 10.3. The van der Waals surface area contributed by atoms with Crippen molar-refractivity contribution in [2.24, 2.45) is 4.99 Å². The minimum atomic E-state index is 0.581. The molecule has 2 aromatic carbocycles. The molecule has 0 atom stereocenters. The molecular formula is C18H21N3. The van der Waals surface area contributed by atoms with E-state index >= 15 is 0 Å². The molecule has 0 radical (unpaired) electrons. The number of rotatable bonds is 4. The third-order valence-electron chi connectivity index (χ3n) is 3.50. The number of para-hydroxylation sites is 1. The quantitative estimate of drug-likeness (QED) is 0.661. The summed E-state index contributed by atoms with van der Waals surface area (Å²) in [7, 11) is 0. The predicted molar refractivity (Wildman–Crippen MR) is 88.5 cm³/mol. The highest BCUT2D eigenvalue weighted by molar-refractivity contribution is 5.93. The predicted octanol–water partition coefficient (Wildman–Crippen LogP) is 3.72. The molecule has 1 aliphatic carbocycles. The highest BCUT2D eigenvalue weighted by Crippen LogP contribution is 2.19. The van der Waals surface area contributed by atoms with Crippen molar-refractivity contribution in [1.29, 1.82) is 0 Å². The Morgan fingerprint density at radius 3 is 2.43 bits per heavy atom. The number of anilines is 1. The van der Waals surface area contributed by atoms with Gasteiger partial charge in [0.2, 0.25) is 0 Å². The Labute approximate surface area is 126 Å². The monoisotopic (exact) mass is 279 g/mol. The van der Waals surface area contributed by atoms with Gasteiger partial charge in [-0.1, -0.05) is 48.0 Å². The Morgan fingerprint density at radius 2 is 1.76 bits per heavy atom. The van der Waals surface area contributed by atoms with Crippen LogP contribution in [0.1, 0.15) is 24.0 Å². The van der Waals surface area contributed by atoms with Gasteiger partial charge in [0, 0.05) is 11.7 Å². The van der Waals surface area contributed by atoms with Gasteiger partial charge in [-0.2, -0.15) is 0 Å². The molecule has 0 heterocycles. The van der Waals surface area contributed by atoms with Crippen molar-refractivity contribution in [3.63, 3.8) is 0 Å². The normalized spacial score (nSPS) is 14.8. The summed E-state index contributed by atoms with van der Waals surface area (Å²) in [6.45, 7) is 2.79. The second kappa shape index (κ2) is 6.44. The van der Waals surface area contributed by atoms with Crippen molar-refractivity contribution < 1.29 is 0 Å². The van der Waals surface area contributed by atoms with Crippen LogP contribution in [0, 0.1) is 6.92 Å². The van der Waals surface area contributed by atoms with E-state index in [1.165, 1.54) is 24.0 Å². The van der Waals surface area contributed by atoms with Crippen LogP contribution >= 0.6 is 0 Å². The first-order valence-electron chi connectivity index (χ1n) is 7.48. The van der Waals surface area contributed by atoms with Gasteiger partial charge in [-0.3, -0.25) is 0 Å². The molecule has 0 aromatic heterocycles. The molecule has 0 unspecified atom stereocenters. The van der Waals surface area contributed by atoms with Crippen LogP contribution in [-0.4, -0.2) is 12.0 Å². The van der Waals surface area contributed by atoms with Crippen LogP contribution < -0.4 is 10.6 Å². The number of aliphatic imine (C=N–C) groups is 1. The summed E-state index contributed by atoms with van der Waals surface area (Å²) in [5.41, 5.74) is 3.57. The first-order valence-corrected chi connectivity index (χ1v) is 7.48. The molecule has 2 aromatic rings. The minimum absolute atomic E-state index is 0.581. The number of benzene rings is 2. The van der Waals surface area contributed by atoms with Crippen molar-refractivity contribution in [3.05, 3.63) is 65.7 Å². The number of hydrogen-bond acceptors (Lipinski definition) is 1. The van der Waals surface area contributed by atoms with E-state index in [-0.39, 0.29) is 0 Å². The largest absolute Gasteiger partial charge is 0.353 e. The van der Waals surface area contributed by atoms with Gasteiger partial charge >= 0.3 is 0 Å². The van der Waals surface area contributed by atoms with Gasteiger partial charge in [-0.15, -0.1) is 0 Å². The summed E-state index contributed by atoms with van der Waals surface area (Å²) in [4.78, 5) is 4.69. The number of nitrogens with one attached hydrogen (secondary N) is 2. The first kappa shape index (κ1) is 13.7. The van der Waals surface area contributed by atoms with Crippen LogP contribution in [0.15, 0.2) is 59.6 Å². The second-order valence-electron chi connectivity index (χ2n) is 5.56. The fourth-order valence-corrected chi connectivity index (χ4v) is 2.06. The molecule has 3 nitrogen and oxygen atoms in total. The molecule has 1 fully saturated rings. The average molecular weight is 279 g/mol. The van der Waals surface area contributed by atoms with E-state index in [4.69, 9.17) is 4.99 Å². The zero-order valence-electron chi connectivity index (χ0n) is 12.3. The smallest absolute Gasteiger partial charge is 0.196 e. The summed E-state index contributed by atoms with van der Waals surface area (Å²) < 4.78 is 0. The van der Waals surface area contributed by atoms with E-state index in [0.29, 0.717) is 12.6 Å². The van der Waals surface area contributed by atoms with E-state index in [2.05, 4.69) is 54.0 Å². The van der Waals surface area contributed by atoms with Crippen molar-refractivity contribution in [3.8, 4) is 0 Å². The summed E-state index contributed by atoms with van der Waals surface area (Å²) >= 11 is 0. The van der Waals surface area contributed by atoms with Gasteiger partial charge in [-0.25, -0.2) is 4.99 Å². The molecule has 108 valence electrons. The third-order valence-corrected chi connectivity index (χ3v) is 3.50. The van der Waals surface area contributed by atoms with Crippen LogP contribution in [0.25, 0.3) is 0 Å². The molecular weight excluding hydrogens is 258 g/mol. The van der Waals surface area contributed by atoms with Crippen molar-refractivity contribution in [2.45, 2.75) is 32.4 Å². The molecule has 0 aliphatic heterocycles. The topological polar surface area (TPSA) is 36.4 Å². The lowest BCUT2D eigenvalue weighted by Gasteiger charge is -2.12. The fourth-order valence-electron chi connectivity index (χ4n) is 2.06. The molecule has 2 N–H and O–H groups in total. The van der Waals surface area contributed by atoms with E-state index in [0.717, 1.165) is 11.6 Å². The van der Waals surface area contributed by atoms with Gasteiger partial charge in [0.1, 0.15) is 0 Å². The standard InChI is InChI=1S/C18H21N3/c1-14-7-9-15(10-8-14)13-19-18(21-17-11-12-17)20-16-5-3-2-4-6-16/h2-10,17H,11-13H2,1H3,(H2,19,20,21). The Hall–Kier alpha value is -2.29. The number of nitrogens with zero attached hydrogens (tertiary/aromatic N) is 1. The zero-order valence-corrected chi connectivity index (χ0v) is 12.3. The molecule has 0 spiro atoms. The lowest BCUT2D eigenvalue weighted by Crippen LogP contribution is -2.32. The lowest BCUT2D eigenvalue weighted by molar-refractivity contribution is 0.886. The van der Waals surface area contributed by atoms with E-state index in [1.54, 1.807) is 0 Å².